The summed E-state index contributed by atoms with van der Waals surface area (Å²) in [6.45, 7) is 0. The molecule has 0 spiro atoms. The number of rotatable bonds is 5. The Morgan fingerprint density at radius 1 is 1.07 bits per heavy atom. The van der Waals surface area contributed by atoms with Crippen LogP contribution in [0, 0.1) is 5.92 Å². The first-order valence-electron chi connectivity index (χ1n) is 10.1. The van der Waals surface area contributed by atoms with E-state index in [2.05, 4.69) is 0 Å². The molecule has 1 aliphatic heterocycles. The number of carbonyl (C=O) groups is 2. The fourth-order valence-electron chi connectivity index (χ4n) is 4.64. The minimum absolute atomic E-state index is 0.0617. The summed E-state index contributed by atoms with van der Waals surface area (Å²) >= 11 is 0. The highest BCUT2D eigenvalue weighted by Crippen LogP contribution is 2.46. The second-order valence-corrected chi connectivity index (χ2v) is 7.81. The van der Waals surface area contributed by atoms with Gasteiger partial charge in [0.15, 0.2) is 5.54 Å². The molecule has 0 bridgehead atoms. The molecular weight excluding hydrogens is 366 g/mol. The predicted octanol–water partition coefficient (Wildman–Crippen LogP) is 3.45. The van der Waals surface area contributed by atoms with E-state index < -0.39 is 11.5 Å². The molecule has 2 aliphatic rings. The van der Waals surface area contributed by atoms with Gasteiger partial charge >= 0.3 is 5.97 Å². The molecule has 0 aromatic heterocycles. The Morgan fingerprint density at radius 3 is 2.34 bits per heavy atom. The van der Waals surface area contributed by atoms with Crippen LogP contribution in [0.2, 0.25) is 0 Å². The van der Waals surface area contributed by atoms with Gasteiger partial charge in [-0.15, -0.1) is 0 Å². The van der Waals surface area contributed by atoms with Crippen molar-refractivity contribution < 1.29 is 14.7 Å². The SMILES string of the molecule is NC1=NC(c2ccccc2)(C2CCCCC2)C(=O)N1c1ccc(CC(=O)O)cc1. The van der Waals surface area contributed by atoms with Crippen LogP contribution in [-0.2, 0) is 21.5 Å². The molecule has 4 rings (SSSR count). The molecule has 6 nitrogen and oxygen atoms in total. The lowest BCUT2D eigenvalue weighted by molar-refractivity contribution is -0.136. The second-order valence-electron chi connectivity index (χ2n) is 7.81. The monoisotopic (exact) mass is 391 g/mol. The van der Waals surface area contributed by atoms with E-state index in [0.717, 1.165) is 31.2 Å². The van der Waals surface area contributed by atoms with Crippen molar-refractivity contribution in [2.45, 2.75) is 44.1 Å². The third-order valence-corrected chi connectivity index (χ3v) is 6.01. The molecule has 1 aliphatic carbocycles. The Morgan fingerprint density at radius 2 is 1.72 bits per heavy atom. The highest BCUT2D eigenvalue weighted by atomic mass is 16.4. The van der Waals surface area contributed by atoms with E-state index in [1.165, 1.54) is 11.3 Å². The molecule has 1 fully saturated rings. The van der Waals surface area contributed by atoms with Crippen molar-refractivity contribution >= 4 is 23.5 Å². The van der Waals surface area contributed by atoms with Gasteiger partial charge in [-0.05, 0) is 42.0 Å². The lowest BCUT2D eigenvalue weighted by atomic mass is 9.71. The summed E-state index contributed by atoms with van der Waals surface area (Å²) in [4.78, 5) is 31.0. The fraction of sp³-hybridized carbons (Fsp3) is 0.348. The molecule has 0 saturated heterocycles. The van der Waals surface area contributed by atoms with Crippen LogP contribution in [0.4, 0.5) is 5.69 Å². The van der Waals surface area contributed by atoms with E-state index in [1.54, 1.807) is 24.3 Å². The molecule has 1 unspecified atom stereocenters. The topological polar surface area (TPSA) is 96.0 Å². The van der Waals surface area contributed by atoms with Crippen molar-refractivity contribution in [1.29, 1.82) is 0 Å². The first-order valence-corrected chi connectivity index (χ1v) is 10.1. The van der Waals surface area contributed by atoms with Gasteiger partial charge in [-0.1, -0.05) is 61.7 Å². The summed E-state index contributed by atoms with van der Waals surface area (Å²) < 4.78 is 0. The van der Waals surface area contributed by atoms with E-state index in [1.807, 2.05) is 30.3 Å². The smallest absolute Gasteiger partial charge is 0.307 e. The number of benzene rings is 2. The van der Waals surface area contributed by atoms with Gasteiger partial charge in [0.1, 0.15) is 0 Å². The molecule has 2 aromatic rings. The Bertz CT molecular complexity index is 934. The maximum Gasteiger partial charge on any atom is 0.307 e. The summed E-state index contributed by atoms with van der Waals surface area (Å²) in [6, 6.07) is 16.6. The van der Waals surface area contributed by atoms with Crippen molar-refractivity contribution in [3.63, 3.8) is 0 Å². The largest absolute Gasteiger partial charge is 0.481 e. The van der Waals surface area contributed by atoms with Crippen LogP contribution in [0.3, 0.4) is 0 Å². The maximum absolute atomic E-state index is 13.8. The lowest BCUT2D eigenvalue weighted by Crippen LogP contribution is -2.47. The van der Waals surface area contributed by atoms with Gasteiger partial charge in [0.2, 0.25) is 5.96 Å². The van der Waals surface area contributed by atoms with Crippen LogP contribution in [0.15, 0.2) is 59.6 Å². The molecule has 1 atom stereocenters. The highest BCUT2D eigenvalue weighted by Gasteiger charge is 2.54. The van der Waals surface area contributed by atoms with E-state index in [9.17, 15) is 9.59 Å². The zero-order chi connectivity index (χ0) is 20.4. The van der Waals surface area contributed by atoms with E-state index in [-0.39, 0.29) is 24.2 Å². The average Bonchev–Trinajstić information content (AvgIpc) is 3.01. The van der Waals surface area contributed by atoms with Gasteiger partial charge in [-0.3, -0.25) is 9.59 Å². The van der Waals surface area contributed by atoms with Gasteiger partial charge in [0.25, 0.3) is 5.91 Å². The fourth-order valence-corrected chi connectivity index (χ4v) is 4.64. The van der Waals surface area contributed by atoms with Crippen LogP contribution >= 0.6 is 0 Å². The quantitative estimate of drug-likeness (QED) is 0.816. The van der Waals surface area contributed by atoms with E-state index >= 15 is 0 Å². The normalized spacial score (nSPS) is 22.6. The van der Waals surface area contributed by atoms with Crippen molar-refractivity contribution in [3.8, 4) is 0 Å². The molecule has 150 valence electrons. The number of nitrogens with two attached hydrogens (primary N) is 1. The third kappa shape index (κ3) is 3.39. The molecule has 6 heteroatoms. The molecule has 1 saturated carbocycles. The van der Waals surface area contributed by atoms with Crippen molar-refractivity contribution in [2.75, 3.05) is 4.90 Å². The van der Waals surface area contributed by atoms with Crippen molar-refractivity contribution in [3.05, 3.63) is 65.7 Å². The van der Waals surface area contributed by atoms with Crippen LogP contribution in [0.25, 0.3) is 0 Å². The number of guanidine groups is 1. The lowest BCUT2D eigenvalue weighted by Gasteiger charge is -2.36. The second kappa shape index (κ2) is 7.70. The Balaban J connectivity index is 1.73. The number of carboxylic acids is 1. The van der Waals surface area contributed by atoms with Gasteiger partial charge in [0, 0.05) is 0 Å². The number of anilines is 1. The van der Waals surface area contributed by atoms with Crippen LogP contribution in [0.5, 0.6) is 0 Å². The summed E-state index contributed by atoms with van der Waals surface area (Å²) in [7, 11) is 0. The standard InChI is InChI=1S/C23H25N3O3/c24-22-25-23(17-7-3-1-4-8-17,18-9-5-2-6-10-18)21(29)26(22)19-13-11-16(12-14-19)15-20(27)28/h1,3-4,7-8,11-14,18H,2,5-6,9-10,15H2,(H2,24,25)(H,27,28). The third-order valence-electron chi connectivity index (χ3n) is 6.01. The zero-order valence-corrected chi connectivity index (χ0v) is 16.3. The van der Waals surface area contributed by atoms with Crippen LogP contribution in [0.1, 0.15) is 43.2 Å². The number of carbonyl (C=O) groups excluding carboxylic acids is 1. The Hall–Kier alpha value is -3.15. The summed E-state index contributed by atoms with van der Waals surface area (Å²) in [5.41, 5.74) is 7.47. The molecule has 1 amide bonds. The summed E-state index contributed by atoms with van der Waals surface area (Å²) in [6.07, 6.45) is 5.20. The predicted molar refractivity (Wildman–Crippen MR) is 112 cm³/mol. The number of aliphatic carboxylic acids is 1. The Labute approximate surface area is 170 Å². The minimum atomic E-state index is -0.995. The van der Waals surface area contributed by atoms with Crippen molar-refractivity contribution in [1.82, 2.24) is 0 Å². The number of carboxylic acid groups (broad SMARTS) is 1. The first-order chi connectivity index (χ1) is 14.0. The van der Waals surface area contributed by atoms with Gasteiger partial charge in [0.05, 0.1) is 12.1 Å². The zero-order valence-electron chi connectivity index (χ0n) is 16.3. The van der Waals surface area contributed by atoms with Gasteiger partial charge in [-0.25, -0.2) is 9.89 Å². The molecule has 0 radical (unpaired) electrons. The van der Waals surface area contributed by atoms with E-state index in [4.69, 9.17) is 15.8 Å². The minimum Gasteiger partial charge on any atom is -0.481 e. The summed E-state index contributed by atoms with van der Waals surface area (Å²) in [5.74, 6) is -0.716. The number of aliphatic imine (C=N–C) groups is 1. The average molecular weight is 391 g/mol. The summed E-state index contributed by atoms with van der Waals surface area (Å²) in [5, 5.41) is 8.97. The van der Waals surface area contributed by atoms with Crippen molar-refractivity contribution in [2.24, 2.45) is 16.6 Å². The molecule has 3 N–H and O–H groups in total. The van der Waals surface area contributed by atoms with E-state index in [0.29, 0.717) is 11.3 Å². The molecule has 29 heavy (non-hydrogen) atoms. The molecule has 2 aromatic carbocycles. The molecule has 1 heterocycles. The number of nitrogens with zero attached hydrogens (tertiary/aromatic N) is 2. The first kappa shape index (κ1) is 19.2. The van der Waals surface area contributed by atoms with Gasteiger partial charge < -0.3 is 10.8 Å². The molecular formula is C23H25N3O3. The Kier molecular flexibility index (Phi) is 5.09. The van der Waals surface area contributed by atoms with Gasteiger partial charge in [-0.2, -0.15) is 0 Å². The number of amides is 1. The number of hydrogen-bond acceptors (Lipinski definition) is 4. The maximum atomic E-state index is 13.8. The van der Waals surface area contributed by atoms with Crippen LogP contribution in [-0.4, -0.2) is 22.9 Å². The highest BCUT2D eigenvalue weighted by molar-refractivity contribution is 6.23. The van der Waals surface area contributed by atoms with Crippen LogP contribution < -0.4 is 10.6 Å². The number of hydrogen-bond donors (Lipinski definition) is 2.